The van der Waals surface area contributed by atoms with E-state index in [1.54, 1.807) is 0 Å². The van der Waals surface area contributed by atoms with E-state index in [0.717, 1.165) is 30.2 Å². The molecule has 4 heteroatoms. The quantitative estimate of drug-likeness (QED) is 0.360. The van der Waals surface area contributed by atoms with Crippen LogP contribution in [-0.4, -0.2) is 24.9 Å². The average molecular weight is 297 g/mol. The molecule has 1 unspecified atom stereocenters. The lowest BCUT2D eigenvalue weighted by Gasteiger charge is -2.09. The first kappa shape index (κ1) is 21.0. The molecule has 0 radical (unpaired) electrons. The molecule has 0 saturated heterocycles. The number of rotatable bonds is 6. The molecule has 0 heterocycles. The van der Waals surface area contributed by atoms with Gasteiger partial charge in [0.2, 0.25) is 0 Å². The number of hydrogen-bond donors (Lipinski definition) is 2. The normalized spacial score (nSPS) is 9.55. The fraction of sp³-hybridized carbons (Fsp3) is 0.375. The molecule has 114 valence electrons. The summed E-state index contributed by atoms with van der Waals surface area (Å²) in [7, 11) is 2.42. The molecule has 0 amide bonds. The van der Waals surface area contributed by atoms with Gasteiger partial charge in [0, 0.05) is 24.9 Å². The number of nitrogens with one attached hydrogen (secondary N) is 1. The molecule has 0 aliphatic rings. The minimum absolute atomic E-state index is 0.209. The van der Waals surface area contributed by atoms with Gasteiger partial charge in [0.15, 0.2) is 0 Å². The molecule has 1 rings (SSSR count). The van der Waals surface area contributed by atoms with Gasteiger partial charge < -0.3 is 15.2 Å². The first-order valence-corrected chi connectivity index (χ1v) is 7.75. The molecule has 1 aromatic carbocycles. The fourth-order valence-electron chi connectivity index (χ4n) is 1.23. The van der Waals surface area contributed by atoms with Gasteiger partial charge >= 0.3 is 0 Å². The van der Waals surface area contributed by atoms with Crippen LogP contribution in [0.25, 0.3) is 0 Å². The monoisotopic (exact) mass is 297 g/mol. The minimum atomic E-state index is 0.209. The number of aliphatic hydroxyl groups is 1. The molecule has 1 aromatic rings. The zero-order chi connectivity index (χ0) is 15.8. The molecule has 0 fully saturated rings. The topological polar surface area (TPSA) is 41.5 Å². The number of allylic oxidation sites excluding steroid dienone is 2. The van der Waals surface area contributed by atoms with Crippen molar-refractivity contribution in [2.24, 2.45) is 0 Å². The maximum atomic E-state index is 8.68. The lowest BCUT2D eigenvalue weighted by molar-refractivity contribution is 0.292. The maximum Gasteiger partial charge on any atom is 0.128 e. The lowest BCUT2D eigenvalue weighted by Crippen LogP contribution is -2.03. The van der Waals surface area contributed by atoms with E-state index < -0.39 is 0 Å². The van der Waals surface area contributed by atoms with E-state index in [4.69, 9.17) is 9.84 Å². The first-order chi connectivity index (χ1) is 9.76. The Kier molecular flexibility index (Phi) is 16.5. The van der Waals surface area contributed by atoms with Crippen molar-refractivity contribution in [1.82, 2.24) is 0 Å². The molecule has 20 heavy (non-hydrogen) atoms. The second kappa shape index (κ2) is 15.7. The van der Waals surface area contributed by atoms with Crippen molar-refractivity contribution < 1.29 is 9.84 Å². The molecule has 3 nitrogen and oxygen atoms in total. The van der Waals surface area contributed by atoms with Gasteiger partial charge in [0.05, 0.1) is 5.76 Å². The molecular formula is C16H28NO2P. The van der Waals surface area contributed by atoms with E-state index in [1.165, 1.54) is 0 Å². The van der Waals surface area contributed by atoms with Gasteiger partial charge in [0.25, 0.3) is 0 Å². The number of ether oxygens (including phenoxy) is 1. The SMILES string of the molecule is C/C=C(\C)Oc1cccc(NCCCO)c1.C=C.CP. The van der Waals surface area contributed by atoms with Gasteiger partial charge in [-0.3, -0.25) is 0 Å². The van der Waals surface area contributed by atoms with E-state index in [0.29, 0.717) is 0 Å². The van der Waals surface area contributed by atoms with Crippen molar-refractivity contribution in [2.75, 3.05) is 25.1 Å². The Labute approximate surface area is 126 Å². The standard InChI is InChI=1S/C13H19NO2.C2H4.CH5P/c1-3-11(2)16-13-7-4-6-12(10-13)14-8-5-9-15;2*1-2/h3-4,6-7,10,14-15H,5,8-9H2,1-2H3;1-2H2;2H2,1H3/b11-3+;;. The second-order valence-corrected chi connectivity index (χ2v) is 3.53. The Bertz CT molecular complexity index is 367. The van der Waals surface area contributed by atoms with Crippen LogP contribution in [-0.2, 0) is 0 Å². The van der Waals surface area contributed by atoms with Crippen LogP contribution >= 0.6 is 9.24 Å². The average Bonchev–Trinajstić information content (AvgIpc) is 2.52. The van der Waals surface area contributed by atoms with Crippen LogP contribution in [0.15, 0.2) is 49.3 Å². The summed E-state index contributed by atoms with van der Waals surface area (Å²) >= 11 is 0. The Balaban J connectivity index is 0. The highest BCUT2D eigenvalue weighted by Gasteiger charge is 1.97. The number of anilines is 1. The van der Waals surface area contributed by atoms with Crippen LogP contribution in [0.1, 0.15) is 20.3 Å². The van der Waals surface area contributed by atoms with Gasteiger partial charge in [-0.05, 0) is 38.5 Å². The summed E-state index contributed by atoms with van der Waals surface area (Å²) in [4.78, 5) is 0. The van der Waals surface area contributed by atoms with E-state index in [2.05, 4.69) is 27.7 Å². The van der Waals surface area contributed by atoms with E-state index in [-0.39, 0.29) is 6.61 Å². The third-order valence-corrected chi connectivity index (χ3v) is 2.18. The van der Waals surface area contributed by atoms with E-state index >= 15 is 0 Å². The largest absolute Gasteiger partial charge is 0.462 e. The summed E-state index contributed by atoms with van der Waals surface area (Å²) in [6.45, 7) is 12.8. The summed E-state index contributed by atoms with van der Waals surface area (Å²) in [5, 5.41) is 11.9. The third-order valence-electron chi connectivity index (χ3n) is 2.18. The summed E-state index contributed by atoms with van der Waals surface area (Å²) in [5.74, 6) is 1.71. The Morgan fingerprint density at radius 1 is 1.40 bits per heavy atom. The first-order valence-electron chi connectivity index (χ1n) is 6.59. The van der Waals surface area contributed by atoms with Crippen LogP contribution in [0.3, 0.4) is 0 Å². The zero-order valence-electron chi connectivity index (χ0n) is 12.9. The highest BCUT2D eigenvalue weighted by atomic mass is 31.0. The van der Waals surface area contributed by atoms with Gasteiger partial charge in [-0.15, -0.1) is 22.4 Å². The van der Waals surface area contributed by atoms with Crippen molar-refractivity contribution in [3.05, 3.63) is 49.3 Å². The summed E-state index contributed by atoms with van der Waals surface area (Å²) in [6, 6.07) is 7.80. The molecule has 0 saturated carbocycles. The molecular weight excluding hydrogens is 269 g/mol. The van der Waals surface area contributed by atoms with Crippen LogP contribution in [0, 0.1) is 0 Å². The maximum absolute atomic E-state index is 8.68. The number of aliphatic hydroxyl groups excluding tert-OH is 1. The van der Waals surface area contributed by atoms with Crippen LogP contribution in [0.5, 0.6) is 5.75 Å². The Morgan fingerprint density at radius 3 is 2.60 bits per heavy atom. The van der Waals surface area contributed by atoms with E-state index in [1.807, 2.05) is 50.9 Å². The van der Waals surface area contributed by atoms with E-state index in [9.17, 15) is 0 Å². The van der Waals surface area contributed by atoms with Crippen molar-refractivity contribution in [1.29, 1.82) is 0 Å². The zero-order valence-corrected chi connectivity index (χ0v) is 14.0. The predicted octanol–water partition coefficient (Wildman–Crippen LogP) is 4.08. The summed E-state index contributed by atoms with van der Waals surface area (Å²) < 4.78 is 5.58. The highest BCUT2D eigenvalue weighted by Crippen LogP contribution is 2.19. The van der Waals surface area contributed by atoms with Gasteiger partial charge in [0.1, 0.15) is 5.75 Å². The van der Waals surface area contributed by atoms with Crippen molar-refractivity contribution in [2.45, 2.75) is 20.3 Å². The van der Waals surface area contributed by atoms with Gasteiger partial charge in [-0.1, -0.05) is 12.7 Å². The number of benzene rings is 1. The lowest BCUT2D eigenvalue weighted by atomic mass is 10.3. The van der Waals surface area contributed by atoms with Crippen molar-refractivity contribution in [3.63, 3.8) is 0 Å². The van der Waals surface area contributed by atoms with Gasteiger partial charge in [-0.25, -0.2) is 0 Å². The summed E-state index contributed by atoms with van der Waals surface area (Å²) in [5.41, 5.74) is 1.01. The third kappa shape index (κ3) is 10.6. The predicted molar refractivity (Wildman–Crippen MR) is 93.6 cm³/mol. The minimum Gasteiger partial charge on any atom is -0.462 e. The highest BCUT2D eigenvalue weighted by molar-refractivity contribution is 7.15. The number of hydrogen-bond acceptors (Lipinski definition) is 3. The van der Waals surface area contributed by atoms with Crippen LogP contribution < -0.4 is 10.1 Å². The van der Waals surface area contributed by atoms with Gasteiger partial charge in [-0.2, -0.15) is 0 Å². The Hall–Kier alpha value is -1.31. The van der Waals surface area contributed by atoms with Crippen LogP contribution in [0.2, 0.25) is 0 Å². The van der Waals surface area contributed by atoms with Crippen molar-refractivity contribution >= 4 is 14.9 Å². The molecule has 0 aliphatic carbocycles. The Morgan fingerprint density at radius 2 is 2.05 bits per heavy atom. The molecule has 0 bridgehead atoms. The molecule has 0 aliphatic heterocycles. The molecule has 0 spiro atoms. The second-order valence-electron chi connectivity index (χ2n) is 3.53. The van der Waals surface area contributed by atoms with Crippen molar-refractivity contribution in [3.8, 4) is 5.75 Å². The van der Waals surface area contributed by atoms with Crippen LogP contribution in [0.4, 0.5) is 5.69 Å². The molecule has 1 atom stereocenters. The molecule has 2 N–H and O–H groups in total. The fourth-order valence-corrected chi connectivity index (χ4v) is 1.23. The summed E-state index contributed by atoms with van der Waals surface area (Å²) in [6.07, 6.45) is 2.67. The smallest absolute Gasteiger partial charge is 0.128 e. The molecule has 0 aromatic heterocycles.